The maximum Gasteiger partial charge on any atom is 0.325 e. The highest BCUT2D eigenvalue weighted by Gasteiger charge is 2.25. The molecule has 4 aromatic rings. The van der Waals surface area contributed by atoms with Crippen LogP contribution in [0.2, 0.25) is 0 Å². The number of carbonyl (C=O) groups excluding carboxylic acids is 2. The third kappa shape index (κ3) is 4.35. The number of benzene rings is 2. The van der Waals surface area contributed by atoms with Gasteiger partial charge in [-0.05, 0) is 30.7 Å². The van der Waals surface area contributed by atoms with Crippen molar-refractivity contribution in [1.82, 2.24) is 24.9 Å². The first-order valence-electron chi connectivity index (χ1n) is 11.6. The van der Waals surface area contributed by atoms with Gasteiger partial charge in [0.05, 0.1) is 35.3 Å². The van der Waals surface area contributed by atoms with Crippen LogP contribution < -0.4 is 11.3 Å². The molecule has 0 radical (unpaired) electrons. The zero-order chi connectivity index (χ0) is 24.5. The smallest absolute Gasteiger partial charge is 0.325 e. The average molecular weight is 475 g/mol. The number of nitrogens with zero attached hydrogens (tertiary/aromatic N) is 3. The number of aromatic nitrogens is 3. The summed E-state index contributed by atoms with van der Waals surface area (Å²) in [6.45, 7) is 3.75. The summed E-state index contributed by atoms with van der Waals surface area (Å²) in [7, 11) is 0. The van der Waals surface area contributed by atoms with Gasteiger partial charge in [0, 0.05) is 30.5 Å². The molecule has 10 heteroatoms. The minimum Gasteiger partial charge on any atom is -0.397 e. The fourth-order valence-corrected chi connectivity index (χ4v) is 4.32. The maximum atomic E-state index is 13.1. The molecule has 0 atom stereocenters. The number of nitrogens with one attached hydrogen (secondary N) is 2. The second-order valence-corrected chi connectivity index (χ2v) is 8.54. The summed E-state index contributed by atoms with van der Waals surface area (Å²) in [4.78, 5) is 55.1. The molecule has 180 valence electrons. The lowest BCUT2D eigenvalue weighted by molar-refractivity contribution is -0.196. The van der Waals surface area contributed by atoms with E-state index in [1.807, 2.05) is 25.1 Å². The minimum atomic E-state index is -0.339. The summed E-state index contributed by atoms with van der Waals surface area (Å²) in [5.74, 6) is -0.0269. The second-order valence-electron chi connectivity index (χ2n) is 8.54. The van der Waals surface area contributed by atoms with Gasteiger partial charge < -0.3 is 25.4 Å². The molecule has 3 heterocycles. The van der Waals surface area contributed by atoms with Gasteiger partial charge in [-0.15, -0.1) is 5.06 Å². The van der Waals surface area contributed by atoms with E-state index < -0.39 is 0 Å². The molecule has 1 saturated heterocycles. The lowest BCUT2D eigenvalue weighted by atomic mass is 10.1. The number of para-hydroxylation sites is 1. The molecule has 1 fully saturated rings. The fourth-order valence-electron chi connectivity index (χ4n) is 4.32. The van der Waals surface area contributed by atoms with E-state index in [0.29, 0.717) is 66.2 Å². The Labute approximate surface area is 200 Å². The van der Waals surface area contributed by atoms with Crippen molar-refractivity contribution in [3.63, 3.8) is 0 Å². The summed E-state index contributed by atoms with van der Waals surface area (Å²) in [6.07, 6.45) is 1.11. The summed E-state index contributed by atoms with van der Waals surface area (Å²) in [5.41, 5.74) is 9.01. The number of carbonyl (C=O) groups is 2. The van der Waals surface area contributed by atoms with Crippen molar-refractivity contribution >= 4 is 39.5 Å². The van der Waals surface area contributed by atoms with Crippen molar-refractivity contribution in [1.29, 1.82) is 0 Å². The number of hydrogen-bond donors (Lipinski definition) is 3. The van der Waals surface area contributed by atoms with Gasteiger partial charge in [0.25, 0.3) is 11.5 Å². The lowest BCUT2D eigenvalue weighted by Gasteiger charge is -2.33. The van der Waals surface area contributed by atoms with Gasteiger partial charge in [0.2, 0.25) is 0 Å². The van der Waals surface area contributed by atoms with Gasteiger partial charge in [-0.2, -0.15) is 0 Å². The highest BCUT2D eigenvalue weighted by atomic mass is 16.7. The van der Waals surface area contributed by atoms with Crippen LogP contribution in [0, 0.1) is 0 Å². The summed E-state index contributed by atoms with van der Waals surface area (Å²) in [5, 5.41) is 2.34. The van der Waals surface area contributed by atoms with Crippen LogP contribution in [0.15, 0.2) is 47.3 Å². The summed E-state index contributed by atoms with van der Waals surface area (Å²) in [6, 6.07) is 12.5. The van der Waals surface area contributed by atoms with E-state index in [0.717, 1.165) is 11.8 Å². The van der Waals surface area contributed by atoms with Gasteiger partial charge in [-0.3, -0.25) is 14.4 Å². The molecule has 0 unspecified atom stereocenters. The van der Waals surface area contributed by atoms with Crippen molar-refractivity contribution in [2.75, 3.05) is 31.9 Å². The largest absolute Gasteiger partial charge is 0.397 e. The van der Waals surface area contributed by atoms with Crippen molar-refractivity contribution < 1.29 is 14.4 Å². The Bertz CT molecular complexity index is 1480. The third-order valence-corrected chi connectivity index (χ3v) is 6.14. The zero-order valence-electron chi connectivity index (χ0n) is 19.3. The summed E-state index contributed by atoms with van der Waals surface area (Å²) >= 11 is 0. The first-order chi connectivity index (χ1) is 16.9. The number of fused-ring (bicyclic) bond motifs is 2. The Morgan fingerprint density at radius 2 is 1.83 bits per heavy atom. The monoisotopic (exact) mass is 474 g/mol. The van der Waals surface area contributed by atoms with Gasteiger partial charge in [-0.1, -0.05) is 25.1 Å². The molecule has 0 spiro atoms. The van der Waals surface area contributed by atoms with E-state index in [4.69, 9.17) is 10.6 Å². The van der Waals surface area contributed by atoms with Crippen LogP contribution in [0.5, 0.6) is 0 Å². The molecular formula is C25H26N6O4. The predicted octanol–water partition coefficient (Wildman–Crippen LogP) is 2.67. The molecule has 1 aliphatic heterocycles. The normalized spacial score (nSPS) is 14.5. The van der Waals surface area contributed by atoms with Crippen LogP contribution in [0.25, 0.3) is 33.3 Å². The number of rotatable bonds is 5. The van der Waals surface area contributed by atoms with Crippen molar-refractivity contribution in [2.45, 2.75) is 19.8 Å². The first kappa shape index (κ1) is 22.6. The SMILES string of the molecule is CCCC(=O)ON1CCN(C(=O)c2ccc3nc(-c4c(N)c5ccccc5[nH]c4=O)[nH]c3c2)CC1. The number of aromatic amines is 2. The number of imidazole rings is 1. The number of pyridine rings is 1. The molecular weight excluding hydrogens is 448 g/mol. The number of amides is 1. The number of H-pyrrole nitrogens is 2. The van der Waals surface area contributed by atoms with Gasteiger partial charge >= 0.3 is 5.97 Å². The van der Waals surface area contributed by atoms with Crippen LogP contribution in [-0.4, -0.2) is 63.0 Å². The molecule has 2 aromatic carbocycles. The van der Waals surface area contributed by atoms with Crippen molar-refractivity contribution in [3.05, 3.63) is 58.4 Å². The Morgan fingerprint density at radius 1 is 1.06 bits per heavy atom. The van der Waals surface area contributed by atoms with Crippen molar-refractivity contribution in [2.24, 2.45) is 0 Å². The Morgan fingerprint density at radius 3 is 2.60 bits per heavy atom. The predicted molar refractivity (Wildman–Crippen MR) is 133 cm³/mol. The highest BCUT2D eigenvalue weighted by Crippen LogP contribution is 2.28. The molecule has 35 heavy (non-hydrogen) atoms. The van der Waals surface area contributed by atoms with Crippen molar-refractivity contribution in [3.8, 4) is 11.4 Å². The first-order valence-corrected chi connectivity index (χ1v) is 11.6. The maximum absolute atomic E-state index is 13.1. The lowest BCUT2D eigenvalue weighted by Crippen LogP contribution is -2.49. The zero-order valence-corrected chi connectivity index (χ0v) is 19.3. The quantitative estimate of drug-likeness (QED) is 0.404. The van der Waals surface area contributed by atoms with Gasteiger partial charge in [0.15, 0.2) is 0 Å². The van der Waals surface area contributed by atoms with E-state index in [1.54, 1.807) is 34.2 Å². The summed E-state index contributed by atoms with van der Waals surface area (Å²) < 4.78 is 0. The topological polar surface area (TPSA) is 137 Å². The molecule has 2 aromatic heterocycles. The molecule has 1 aliphatic rings. The van der Waals surface area contributed by atoms with Gasteiger partial charge in [-0.25, -0.2) is 4.98 Å². The Balaban J connectivity index is 1.36. The van der Waals surface area contributed by atoms with E-state index in [-0.39, 0.29) is 23.0 Å². The average Bonchev–Trinajstić information content (AvgIpc) is 3.27. The molecule has 0 bridgehead atoms. The molecule has 0 aliphatic carbocycles. The Hall–Kier alpha value is -4.18. The second kappa shape index (κ2) is 9.22. The van der Waals surface area contributed by atoms with Crippen LogP contribution in [0.1, 0.15) is 30.1 Å². The van der Waals surface area contributed by atoms with E-state index in [9.17, 15) is 14.4 Å². The molecule has 10 nitrogen and oxygen atoms in total. The Kier molecular flexibility index (Phi) is 5.96. The molecule has 5 rings (SSSR count). The minimum absolute atomic E-state index is 0.120. The fraction of sp³-hybridized carbons (Fsp3) is 0.280. The van der Waals surface area contributed by atoms with Crippen LogP contribution in [0.4, 0.5) is 5.69 Å². The number of hydrogen-bond acceptors (Lipinski definition) is 7. The third-order valence-electron chi connectivity index (χ3n) is 6.14. The number of nitrogens with two attached hydrogens (primary N) is 1. The highest BCUT2D eigenvalue weighted by molar-refractivity contribution is 5.99. The van der Waals surface area contributed by atoms with Crippen LogP contribution in [0.3, 0.4) is 0 Å². The van der Waals surface area contributed by atoms with Crippen LogP contribution >= 0.6 is 0 Å². The van der Waals surface area contributed by atoms with E-state index >= 15 is 0 Å². The van der Waals surface area contributed by atoms with Gasteiger partial charge in [0.1, 0.15) is 11.4 Å². The number of nitrogen functional groups attached to an aromatic ring is 1. The van der Waals surface area contributed by atoms with E-state index in [2.05, 4.69) is 15.0 Å². The number of piperazine rings is 1. The molecule has 4 N–H and O–H groups in total. The molecule has 1 amide bonds. The standard InChI is InChI=1S/C25H26N6O4/c1-2-5-20(32)35-31-12-10-30(11-13-31)25(34)15-8-9-18-19(14-15)28-23(27-18)21-22(26)16-6-3-4-7-17(16)29-24(21)33/h3-4,6-9,14H,2,5,10-13H2,1H3,(H,27,28)(H3,26,29,33). The number of anilines is 1. The van der Waals surface area contributed by atoms with Crippen LogP contribution in [-0.2, 0) is 9.63 Å². The molecule has 0 saturated carbocycles. The number of hydroxylamine groups is 2. The van der Waals surface area contributed by atoms with E-state index in [1.165, 1.54) is 0 Å².